The second kappa shape index (κ2) is 5.22. The Morgan fingerprint density at radius 1 is 1.37 bits per heavy atom. The first-order chi connectivity index (χ1) is 8.87. The van der Waals surface area contributed by atoms with Gasteiger partial charge in [-0.15, -0.1) is 0 Å². The van der Waals surface area contributed by atoms with Gasteiger partial charge in [0.25, 0.3) is 0 Å². The summed E-state index contributed by atoms with van der Waals surface area (Å²) < 4.78 is 46.0. The molecule has 0 aliphatic heterocycles. The molecule has 0 amide bonds. The zero-order valence-corrected chi connectivity index (χ0v) is 13.2. The highest BCUT2D eigenvalue weighted by atomic mass is 79.9. The summed E-state index contributed by atoms with van der Waals surface area (Å²) in [5, 5.41) is 0.471. The molecule has 1 atom stereocenters. The third-order valence-electron chi connectivity index (χ3n) is 3.36. The summed E-state index contributed by atoms with van der Waals surface area (Å²) in [5.41, 5.74) is -0.729. The van der Waals surface area contributed by atoms with E-state index < -0.39 is 11.8 Å². The van der Waals surface area contributed by atoms with Crippen molar-refractivity contribution in [1.82, 2.24) is 0 Å². The number of ether oxygens (including phenoxy) is 1. The normalized spacial score (nSPS) is 22.4. The number of methoxy groups -OCH3 is 1. The van der Waals surface area contributed by atoms with E-state index in [9.17, 15) is 13.2 Å². The van der Waals surface area contributed by atoms with Crippen LogP contribution < -0.4 is 0 Å². The van der Waals surface area contributed by atoms with Gasteiger partial charge in [0.1, 0.15) is 0 Å². The Morgan fingerprint density at radius 3 is 2.58 bits per heavy atom. The smallest absolute Gasteiger partial charge is 0.364 e. The number of hydrogen-bond acceptors (Lipinski definition) is 1. The molecule has 1 aliphatic carbocycles. The van der Waals surface area contributed by atoms with E-state index in [1.807, 2.05) is 0 Å². The third kappa shape index (κ3) is 2.28. The van der Waals surface area contributed by atoms with Crippen molar-refractivity contribution in [3.8, 4) is 0 Å². The molecule has 1 unspecified atom stereocenters. The average molecular weight is 400 g/mol. The van der Waals surface area contributed by atoms with Crippen molar-refractivity contribution in [2.75, 3.05) is 7.11 Å². The lowest BCUT2D eigenvalue weighted by Crippen LogP contribution is -2.45. The van der Waals surface area contributed by atoms with Gasteiger partial charge in [-0.3, -0.25) is 0 Å². The number of fused-ring (bicyclic) bond motifs is 1. The summed E-state index contributed by atoms with van der Waals surface area (Å²) in [5.74, 6) is 0. The molecule has 0 heterocycles. The molecule has 0 saturated carbocycles. The molecule has 1 aliphatic rings. The second-order valence-electron chi connectivity index (χ2n) is 4.26. The minimum Gasteiger partial charge on any atom is -0.364 e. The molecule has 1 aromatic carbocycles. The molecule has 0 aromatic heterocycles. The van der Waals surface area contributed by atoms with Crippen LogP contribution in [0.15, 0.2) is 22.7 Å². The monoisotopic (exact) mass is 398 g/mol. The van der Waals surface area contributed by atoms with Crippen LogP contribution in [0.3, 0.4) is 0 Å². The first kappa shape index (κ1) is 15.1. The number of benzene rings is 1. The van der Waals surface area contributed by atoms with Crippen LogP contribution in [0.1, 0.15) is 23.1 Å². The van der Waals surface area contributed by atoms with Crippen molar-refractivity contribution in [1.29, 1.82) is 0 Å². The van der Waals surface area contributed by atoms with Crippen molar-refractivity contribution < 1.29 is 17.9 Å². The van der Waals surface area contributed by atoms with Gasteiger partial charge in [-0.25, -0.2) is 0 Å². The summed E-state index contributed by atoms with van der Waals surface area (Å²) >= 11 is 6.67. The van der Waals surface area contributed by atoms with Gasteiger partial charge in [-0.1, -0.05) is 50.1 Å². The highest BCUT2D eigenvalue weighted by molar-refractivity contribution is 9.10. The zero-order chi connectivity index (χ0) is 14.3. The standard InChI is InChI=1S/C13H11Br2F3O/c1-19-12(13(16,17)18)6-2-3-8-9(7-14)11(15)5-4-10(8)12/h2-5H,6-7H2,1H3. The lowest BCUT2D eigenvalue weighted by molar-refractivity contribution is -0.276. The molecule has 0 fully saturated rings. The Balaban J connectivity index is 2.73. The summed E-state index contributed by atoms with van der Waals surface area (Å²) in [7, 11) is 1.10. The molecule has 0 saturated heterocycles. The van der Waals surface area contributed by atoms with Gasteiger partial charge in [0.15, 0.2) is 5.60 Å². The fraction of sp³-hybridized carbons (Fsp3) is 0.385. The van der Waals surface area contributed by atoms with Gasteiger partial charge in [0, 0.05) is 28.9 Å². The van der Waals surface area contributed by atoms with E-state index in [2.05, 4.69) is 31.9 Å². The molecular formula is C13H11Br2F3O. The van der Waals surface area contributed by atoms with Crippen LogP contribution in [-0.2, 0) is 15.7 Å². The fourth-order valence-corrected chi connectivity index (χ4v) is 3.81. The SMILES string of the molecule is COC1(C(F)(F)F)CC=Cc2c1ccc(Br)c2CBr. The van der Waals surface area contributed by atoms with Gasteiger partial charge in [-0.05, 0) is 17.2 Å². The number of rotatable bonds is 2. The van der Waals surface area contributed by atoms with Crippen molar-refractivity contribution in [3.05, 3.63) is 39.4 Å². The molecule has 1 nitrogen and oxygen atoms in total. The molecule has 104 valence electrons. The fourth-order valence-electron chi connectivity index (χ4n) is 2.35. The molecule has 0 radical (unpaired) electrons. The van der Waals surface area contributed by atoms with Crippen LogP contribution in [0.2, 0.25) is 0 Å². The first-order valence-corrected chi connectivity index (χ1v) is 7.45. The predicted octanol–water partition coefficient (Wildman–Crippen LogP) is 5.16. The second-order valence-corrected chi connectivity index (χ2v) is 5.67. The van der Waals surface area contributed by atoms with Gasteiger partial charge in [-0.2, -0.15) is 13.2 Å². The molecule has 0 spiro atoms. The molecular weight excluding hydrogens is 389 g/mol. The largest absolute Gasteiger partial charge is 0.422 e. The van der Waals surface area contributed by atoms with Gasteiger partial charge in [0.05, 0.1) is 0 Å². The van der Waals surface area contributed by atoms with Crippen LogP contribution in [0.4, 0.5) is 13.2 Å². The zero-order valence-electron chi connectivity index (χ0n) is 10.0. The highest BCUT2D eigenvalue weighted by Crippen LogP contribution is 2.49. The van der Waals surface area contributed by atoms with E-state index in [0.29, 0.717) is 10.9 Å². The van der Waals surface area contributed by atoms with Crippen molar-refractivity contribution in [3.63, 3.8) is 0 Å². The third-order valence-corrected chi connectivity index (χ3v) is 4.67. The number of halogens is 5. The maximum Gasteiger partial charge on any atom is 0.422 e. The number of hydrogen-bond donors (Lipinski definition) is 0. The minimum absolute atomic E-state index is 0.169. The van der Waals surface area contributed by atoms with Crippen LogP contribution in [0.5, 0.6) is 0 Å². The highest BCUT2D eigenvalue weighted by Gasteiger charge is 2.57. The lowest BCUT2D eigenvalue weighted by atomic mass is 9.80. The molecule has 0 bridgehead atoms. The van der Waals surface area contributed by atoms with Crippen molar-refractivity contribution in [2.45, 2.75) is 23.5 Å². The summed E-state index contributed by atoms with van der Waals surface area (Å²) in [6.45, 7) is 0. The topological polar surface area (TPSA) is 9.23 Å². The Hall–Kier alpha value is -0.330. The number of alkyl halides is 4. The Bertz CT molecular complexity index is 525. The van der Waals surface area contributed by atoms with Gasteiger partial charge >= 0.3 is 6.18 Å². The van der Waals surface area contributed by atoms with E-state index in [0.717, 1.165) is 17.1 Å². The van der Waals surface area contributed by atoms with Crippen molar-refractivity contribution in [2.24, 2.45) is 0 Å². The van der Waals surface area contributed by atoms with Gasteiger partial charge in [0.2, 0.25) is 0 Å². The predicted molar refractivity (Wildman–Crippen MR) is 75.2 cm³/mol. The van der Waals surface area contributed by atoms with E-state index in [-0.39, 0.29) is 12.0 Å². The van der Waals surface area contributed by atoms with Crippen LogP contribution >= 0.6 is 31.9 Å². The van der Waals surface area contributed by atoms with Crippen LogP contribution in [-0.4, -0.2) is 13.3 Å². The maximum absolute atomic E-state index is 13.4. The van der Waals surface area contributed by atoms with Crippen LogP contribution in [0.25, 0.3) is 6.08 Å². The molecule has 19 heavy (non-hydrogen) atoms. The van der Waals surface area contributed by atoms with Crippen LogP contribution in [0, 0.1) is 0 Å². The Morgan fingerprint density at radius 2 is 2.05 bits per heavy atom. The maximum atomic E-state index is 13.4. The van der Waals surface area contributed by atoms with Crippen molar-refractivity contribution >= 4 is 37.9 Å². The Labute approximate surface area is 126 Å². The lowest BCUT2D eigenvalue weighted by Gasteiger charge is -2.37. The van der Waals surface area contributed by atoms with E-state index >= 15 is 0 Å². The summed E-state index contributed by atoms with van der Waals surface area (Å²) in [6, 6.07) is 3.11. The first-order valence-electron chi connectivity index (χ1n) is 5.53. The Kier molecular flexibility index (Phi) is 4.14. The summed E-state index contributed by atoms with van der Waals surface area (Å²) in [4.78, 5) is 0. The quantitative estimate of drug-likeness (QED) is 0.623. The van der Waals surface area contributed by atoms with E-state index in [1.54, 1.807) is 12.1 Å². The van der Waals surface area contributed by atoms with E-state index in [4.69, 9.17) is 4.74 Å². The molecule has 2 rings (SSSR count). The average Bonchev–Trinajstić information content (AvgIpc) is 2.36. The molecule has 1 aromatic rings. The van der Waals surface area contributed by atoms with Gasteiger partial charge < -0.3 is 4.74 Å². The summed E-state index contributed by atoms with van der Waals surface area (Å²) in [6.07, 6.45) is -1.43. The molecule has 0 N–H and O–H groups in total. The van der Waals surface area contributed by atoms with E-state index in [1.165, 1.54) is 12.1 Å². The molecule has 6 heteroatoms. The minimum atomic E-state index is -4.46.